The Morgan fingerprint density at radius 3 is 2.79 bits per heavy atom. The summed E-state index contributed by atoms with van der Waals surface area (Å²) >= 11 is 1.72. The molecule has 3 nitrogen and oxygen atoms in total. The third-order valence-electron chi connectivity index (χ3n) is 3.30. The first kappa shape index (κ1) is 10.6. The third kappa shape index (κ3) is 1.47. The van der Waals surface area contributed by atoms with Gasteiger partial charge < -0.3 is 5.73 Å². The highest BCUT2D eigenvalue weighted by atomic mass is 32.1. The normalized spacial score (nSPS) is 11.4. The molecule has 0 aliphatic rings. The van der Waals surface area contributed by atoms with E-state index >= 15 is 0 Å². The number of fused-ring (bicyclic) bond motifs is 2. The van der Waals surface area contributed by atoms with Crippen LogP contribution in [0.2, 0.25) is 0 Å². The molecule has 0 saturated carbocycles. The van der Waals surface area contributed by atoms with Crippen molar-refractivity contribution in [1.82, 2.24) is 9.38 Å². The second-order valence-electron chi connectivity index (χ2n) is 4.42. The topological polar surface area (TPSA) is 43.3 Å². The van der Waals surface area contributed by atoms with Gasteiger partial charge in [-0.25, -0.2) is 4.98 Å². The Balaban J connectivity index is 2.07. The fraction of sp³-hybridized carbons (Fsp3) is 0. The van der Waals surface area contributed by atoms with Crippen molar-refractivity contribution >= 4 is 32.9 Å². The lowest BCUT2D eigenvalue weighted by Crippen LogP contribution is -1.93. The smallest absolute Gasteiger partial charge is 0.139 e. The van der Waals surface area contributed by atoms with E-state index in [1.807, 2.05) is 34.9 Å². The maximum Gasteiger partial charge on any atom is 0.139 e. The van der Waals surface area contributed by atoms with Crippen LogP contribution in [0.15, 0.2) is 54.0 Å². The number of benzene rings is 1. The first-order valence-corrected chi connectivity index (χ1v) is 6.92. The molecule has 0 aliphatic heterocycles. The standard InChI is InChI=1S/C15H11N3S/c16-15-14(17-13-7-3-4-8-18(13)15)11-9-19-12-6-2-1-5-10(11)12/h1-9H,16H2. The SMILES string of the molecule is Nc1c(-c2csc3ccccc23)nc2ccccn12. The monoisotopic (exact) mass is 265 g/mol. The van der Waals surface area contributed by atoms with E-state index in [2.05, 4.69) is 28.6 Å². The number of thiophene rings is 1. The van der Waals surface area contributed by atoms with E-state index in [4.69, 9.17) is 5.73 Å². The molecule has 2 N–H and O–H groups in total. The van der Waals surface area contributed by atoms with Crippen molar-refractivity contribution in [1.29, 1.82) is 0 Å². The van der Waals surface area contributed by atoms with Gasteiger partial charge in [0, 0.05) is 27.2 Å². The van der Waals surface area contributed by atoms with Crippen molar-refractivity contribution in [3.63, 3.8) is 0 Å². The lowest BCUT2D eigenvalue weighted by molar-refractivity contribution is 1.20. The van der Waals surface area contributed by atoms with E-state index in [-0.39, 0.29) is 0 Å². The van der Waals surface area contributed by atoms with Crippen LogP contribution in [0.1, 0.15) is 0 Å². The lowest BCUT2D eigenvalue weighted by atomic mass is 10.1. The Bertz CT molecular complexity index is 889. The number of imidazole rings is 1. The van der Waals surface area contributed by atoms with Crippen molar-refractivity contribution in [2.24, 2.45) is 0 Å². The quantitative estimate of drug-likeness (QED) is 0.569. The zero-order valence-electron chi connectivity index (χ0n) is 10.1. The average molecular weight is 265 g/mol. The summed E-state index contributed by atoms with van der Waals surface area (Å²) in [5.74, 6) is 0.694. The summed E-state index contributed by atoms with van der Waals surface area (Å²) in [6.45, 7) is 0. The zero-order valence-corrected chi connectivity index (χ0v) is 10.9. The van der Waals surface area contributed by atoms with Crippen LogP contribution in [0.25, 0.3) is 27.0 Å². The molecule has 0 atom stereocenters. The van der Waals surface area contributed by atoms with Gasteiger partial charge in [-0.3, -0.25) is 4.40 Å². The molecular weight excluding hydrogens is 254 g/mol. The zero-order chi connectivity index (χ0) is 12.8. The largest absolute Gasteiger partial charge is 0.383 e. The Morgan fingerprint density at radius 1 is 1.05 bits per heavy atom. The van der Waals surface area contributed by atoms with Crippen LogP contribution >= 0.6 is 11.3 Å². The molecule has 4 heteroatoms. The van der Waals surface area contributed by atoms with Crippen molar-refractivity contribution < 1.29 is 0 Å². The van der Waals surface area contributed by atoms with E-state index in [0.717, 1.165) is 16.9 Å². The number of aromatic nitrogens is 2. The van der Waals surface area contributed by atoms with Gasteiger partial charge in [0.15, 0.2) is 0 Å². The summed E-state index contributed by atoms with van der Waals surface area (Å²) in [4.78, 5) is 4.65. The van der Waals surface area contributed by atoms with Crippen LogP contribution in [0.5, 0.6) is 0 Å². The van der Waals surface area contributed by atoms with Crippen molar-refractivity contribution in [3.05, 3.63) is 54.0 Å². The van der Waals surface area contributed by atoms with Gasteiger partial charge in [-0.15, -0.1) is 11.3 Å². The molecule has 0 unspecified atom stereocenters. The first-order valence-electron chi connectivity index (χ1n) is 6.04. The Hall–Kier alpha value is -2.33. The first-order chi connectivity index (χ1) is 9.34. The number of nitrogen functional groups attached to an aromatic ring is 1. The molecule has 1 aromatic carbocycles. The van der Waals surface area contributed by atoms with Gasteiger partial charge in [0.2, 0.25) is 0 Å². The van der Waals surface area contributed by atoms with Gasteiger partial charge in [0.05, 0.1) is 0 Å². The second-order valence-corrected chi connectivity index (χ2v) is 5.33. The summed E-state index contributed by atoms with van der Waals surface area (Å²) in [5, 5.41) is 3.34. The minimum absolute atomic E-state index is 0.694. The predicted octanol–water partition coefficient (Wildman–Crippen LogP) is 3.80. The molecule has 4 rings (SSSR count). The van der Waals surface area contributed by atoms with E-state index < -0.39 is 0 Å². The summed E-state index contributed by atoms with van der Waals surface area (Å²) in [6.07, 6.45) is 1.94. The van der Waals surface area contributed by atoms with E-state index in [1.54, 1.807) is 11.3 Å². The van der Waals surface area contributed by atoms with Crippen LogP contribution in [0.4, 0.5) is 5.82 Å². The highest BCUT2D eigenvalue weighted by Crippen LogP contribution is 2.36. The van der Waals surface area contributed by atoms with Crippen LogP contribution in [-0.4, -0.2) is 9.38 Å². The van der Waals surface area contributed by atoms with E-state index in [9.17, 15) is 0 Å². The van der Waals surface area contributed by atoms with Crippen LogP contribution in [0, 0.1) is 0 Å². The number of pyridine rings is 1. The molecule has 0 bridgehead atoms. The molecule has 4 aromatic rings. The molecule has 0 spiro atoms. The molecule has 3 heterocycles. The minimum atomic E-state index is 0.694. The molecular formula is C15H11N3S. The summed E-state index contributed by atoms with van der Waals surface area (Å²) in [6, 6.07) is 14.2. The van der Waals surface area contributed by atoms with Gasteiger partial charge in [-0.2, -0.15) is 0 Å². The maximum absolute atomic E-state index is 6.23. The van der Waals surface area contributed by atoms with E-state index in [0.29, 0.717) is 5.82 Å². The fourth-order valence-corrected chi connectivity index (χ4v) is 3.32. The van der Waals surface area contributed by atoms with Crippen LogP contribution < -0.4 is 5.73 Å². The summed E-state index contributed by atoms with van der Waals surface area (Å²) < 4.78 is 3.18. The number of nitrogens with two attached hydrogens (primary N) is 1. The lowest BCUT2D eigenvalue weighted by Gasteiger charge is -1.97. The van der Waals surface area contributed by atoms with Gasteiger partial charge >= 0.3 is 0 Å². The Kier molecular flexibility index (Phi) is 2.13. The number of anilines is 1. The van der Waals surface area contributed by atoms with Crippen molar-refractivity contribution in [3.8, 4) is 11.3 Å². The fourth-order valence-electron chi connectivity index (χ4n) is 2.37. The molecule has 19 heavy (non-hydrogen) atoms. The average Bonchev–Trinajstić information content (AvgIpc) is 3.01. The van der Waals surface area contributed by atoms with Gasteiger partial charge in [-0.1, -0.05) is 24.3 Å². The maximum atomic E-state index is 6.23. The van der Waals surface area contributed by atoms with Gasteiger partial charge in [-0.05, 0) is 18.2 Å². The second kappa shape index (κ2) is 3.83. The third-order valence-corrected chi connectivity index (χ3v) is 4.27. The van der Waals surface area contributed by atoms with Crippen LogP contribution in [0.3, 0.4) is 0 Å². The minimum Gasteiger partial charge on any atom is -0.383 e. The molecule has 0 fully saturated rings. The highest BCUT2D eigenvalue weighted by Gasteiger charge is 2.14. The van der Waals surface area contributed by atoms with E-state index in [1.165, 1.54) is 10.1 Å². The highest BCUT2D eigenvalue weighted by molar-refractivity contribution is 7.17. The molecule has 92 valence electrons. The van der Waals surface area contributed by atoms with Crippen molar-refractivity contribution in [2.75, 3.05) is 5.73 Å². The van der Waals surface area contributed by atoms with Gasteiger partial charge in [0.1, 0.15) is 17.2 Å². The molecule has 0 amide bonds. The van der Waals surface area contributed by atoms with Crippen molar-refractivity contribution in [2.45, 2.75) is 0 Å². The summed E-state index contributed by atoms with van der Waals surface area (Å²) in [5.41, 5.74) is 9.08. The number of rotatable bonds is 1. The number of hydrogen-bond donors (Lipinski definition) is 1. The molecule has 0 saturated heterocycles. The number of hydrogen-bond acceptors (Lipinski definition) is 3. The summed E-state index contributed by atoms with van der Waals surface area (Å²) in [7, 11) is 0. The Morgan fingerprint density at radius 2 is 1.89 bits per heavy atom. The van der Waals surface area contributed by atoms with Gasteiger partial charge in [0.25, 0.3) is 0 Å². The molecule has 0 aliphatic carbocycles. The molecule has 0 radical (unpaired) electrons. The van der Waals surface area contributed by atoms with Crippen LogP contribution in [-0.2, 0) is 0 Å². The molecule has 3 aromatic heterocycles. The predicted molar refractivity (Wildman–Crippen MR) is 80.4 cm³/mol. The Labute approximate surface area is 113 Å². The number of nitrogens with zero attached hydrogens (tertiary/aromatic N) is 2.